The summed E-state index contributed by atoms with van der Waals surface area (Å²) < 4.78 is 10.2. The van der Waals surface area contributed by atoms with E-state index in [1.165, 1.54) is 31.6 Å². The monoisotopic (exact) mass is 317 g/mol. The number of ether oxygens (including phenoxy) is 1. The molecule has 0 spiro atoms. The maximum Gasteiger partial charge on any atom is 0.374 e. The highest BCUT2D eigenvalue weighted by atomic mass is 16.6. The normalized spacial score (nSPS) is 35.8. The van der Waals surface area contributed by atoms with Crippen molar-refractivity contribution in [3.05, 3.63) is 24.2 Å². The Morgan fingerprint density at radius 2 is 1.83 bits per heavy atom. The van der Waals surface area contributed by atoms with Gasteiger partial charge in [-0.05, 0) is 75.3 Å². The van der Waals surface area contributed by atoms with E-state index in [9.17, 15) is 9.59 Å². The molecule has 0 saturated heterocycles. The van der Waals surface area contributed by atoms with Gasteiger partial charge in [-0.3, -0.25) is 4.79 Å². The summed E-state index contributed by atoms with van der Waals surface area (Å²) in [5, 5.41) is 3.23. The van der Waals surface area contributed by atoms with Crippen molar-refractivity contribution in [3.8, 4) is 0 Å². The van der Waals surface area contributed by atoms with Gasteiger partial charge in [0.15, 0.2) is 6.10 Å². The fraction of sp³-hybridized carbons (Fsp3) is 0.667. The largest absolute Gasteiger partial charge is 0.457 e. The van der Waals surface area contributed by atoms with E-state index in [2.05, 4.69) is 5.32 Å². The number of esters is 1. The van der Waals surface area contributed by atoms with E-state index < -0.39 is 12.1 Å². The summed E-state index contributed by atoms with van der Waals surface area (Å²) in [6.07, 6.45) is 7.86. The summed E-state index contributed by atoms with van der Waals surface area (Å²) in [6.45, 7) is 1.62. The molecule has 4 saturated carbocycles. The highest BCUT2D eigenvalue weighted by molar-refractivity contribution is 5.90. The van der Waals surface area contributed by atoms with E-state index in [-0.39, 0.29) is 17.2 Å². The topological polar surface area (TPSA) is 68.5 Å². The highest BCUT2D eigenvalue weighted by Gasteiger charge is 2.51. The molecule has 1 aromatic rings. The lowest BCUT2D eigenvalue weighted by molar-refractivity contribution is -0.135. The number of carbonyl (C=O) groups is 2. The quantitative estimate of drug-likeness (QED) is 0.867. The third-order valence-electron chi connectivity index (χ3n) is 5.80. The molecule has 0 unspecified atom stereocenters. The van der Waals surface area contributed by atoms with Crippen LogP contribution < -0.4 is 5.32 Å². The minimum Gasteiger partial charge on any atom is -0.457 e. The van der Waals surface area contributed by atoms with Gasteiger partial charge in [-0.25, -0.2) is 4.79 Å². The van der Waals surface area contributed by atoms with Crippen molar-refractivity contribution < 1.29 is 18.7 Å². The molecule has 4 aliphatic rings. The maximum atomic E-state index is 12.5. The number of nitrogens with one attached hydrogen (secondary N) is 1. The standard InChI is InChI=1S/C18H23NO4/c1-11(23-17(21)15-3-2-4-22-15)16(20)19-18-8-12-5-13(9-18)7-14(6-12)10-18/h2-4,11-14H,5-10H2,1H3,(H,19,20)/t11-,12?,13?,14?,18?/m0/s1. The Labute approximate surface area is 135 Å². The number of rotatable bonds is 4. The molecule has 1 atom stereocenters. The van der Waals surface area contributed by atoms with E-state index in [0.29, 0.717) is 0 Å². The number of hydrogen-bond acceptors (Lipinski definition) is 4. The molecule has 23 heavy (non-hydrogen) atoms. The number of furan rings is 1. The number of carbonyl (C=O) groups excluding carboxylic acids is 2. The molecule has 124 valence electrons. The smallest absolute Gasteiger partial charge is 0.374 e. The Morgan fingerprint density at radius 3 is 2.35 bits per heavy atom. The van der Waals surface area contributed by atoms with Crippen LogP contribution in [0.3, 0.4) is 0 Å². The molecule has 4 fully saturated rings. The van der Waals surface area contributed by atoms with E-state index in [0.717, 1.165) is 37.0 Å². The van der Waals surface area contributed by atoms with Crippen LogP contribution in [0.2, 0.25) is 0 Å². The molecule has 1 heterocycles. The third kappa shape index (κ3) is 2.77. The Bertz CT molecular complexity index is 571. The Hall–Kier alpha value is -1.78. The molecule has 4 bridgehead atoms. The van der Waals surface area contributed by atoms with Crippen molar-refractivity contribution in [3.63, 3.8) is 0 Å². The van der Waals surface area contributed by atoms with Crippen LogP contribution in [0.15, 0.2) is 22.8 Å². The van der Waals surface area contributed by atoms with Crippen molar-refractivity contribution in [2.24, 2.45) is 17.8 Å². The summed E-state index contributed by atoms with van der Waals surface area (Å²) in [4.78, 5) is 24.4. The molecule has 0 radical (unpaired) electrons. The van der Waals surface area contributed by atoms with Crippen molar-refractivity contribution >= 4 is 11.9 Å². The number of hydrogen-bond donors (Lipinski definition) is 1. The molecule has 0 aliphatic heterocycles. The van der Waals surface area contributed by atoms with E-state index in [4.69, 9.17) is 9.15 Å². The van der Waals surface area contributed by atoms with Crippen LogP contribution >= 0.6 is 0 Å². The molecule has 0 aromatic carbocycles. The van der Waals surface area contributed by atoms with Gasteiger partial charge in [-0.1, -0.05) is 0 Å². The molecule has 1 N–H and O–H groups in total. The summed E-state index contributed by atoms with van der Waals surface area (Å²) in [5.74, 6) is 1.64. The van der Waals surface area contributed by atoms with Crippen LogP contribution in [0, 0.1) is 17.8 Å². The van der Waals surface area contributed by atoms with Gasteiger partial charge in [0, 0.05) is 5.54 Å². The zero-order chi connectivity index (χ0) is 16.0. The van der Waals surface area contributed by atoms with E-state index in [1.807, 2.05) is 0 Å². The Morgan fingerprint density at radius 1 is 1.22 bits per heavy atom. The molecule has 5 rings (SSSR count). The van der Waals surface area contributed by atoms with E-state index >= 15 is 0 Å². The second-order valence-electron chi connectivity index (χ2n) is 7.71. The molecule has 1 amide bonds. The molecular weight excluding hydrogens is 294 g/mol. The molecule has 4 aliphatic carbocycles. The highest BCUT2D eigenvalue weighted by Crippen LogP contribution is 2.55. The molecule has 1 aromatic heterocycles. The maximum absolute atomic E-state index is 12.5. The van der Waals surface area contributed by atoms with E-state index in [1.54, 1.807) is 13.0 Å². The fourth-order valence-corrected chi connectivity index (χ4v) is 5.29. The summed E-state index contributed by atoms with van der Waals surface area (Å²) in [6, 6.07) is 3.16. The van der Waals surface area contributed by atoms with Crippen LogP contribution in [0.5, 0.6) is 0 Å². The Balaban J connectivity index is 1.39. The molecule has 5 heteroatoms. The predicted octanol–water partition coefficient (Wildman–Crippen LogP) is 2.91. The van der Waals surface area contributed by atoms with Crippen LogP contribution in [0.1, 0.15) is 56.0 Å². The first-order chi connectivity index (χ1) is 11.0. The van der Waals surface area contributed by atoms with Crippen molar-refractivity contribution in [1.82, 2.24) is 5.32 Å². The van der Waals surface area contributed by atoms with Crippen LogP contribution in [-0.4, -0.2) is 23.5 Å². The van der Waals surface area contributed by atoms with Gasteiger partial charge in [0.1, 0.15) is 0 Å². The minimum absolute atomic E-state index is 0.0584. The lowest BCUT2D eigenvalue weighted by atomic mass is 9.53. The second-order valence-corrected chi connectivity index (χ2v) is 7.71. The average Bonchev–Trinajstić information content (AvgIpc) is 2.99. The fourth-order valence-electron chi connectivity index (χ4n) is 5.29. The summed E-state index contributed by atoms with van der Waals surface area (Å²) >= 11 is 0. The summed E-state index contributed by atoms with van der Waals surface area (Å²) in [5.41, 5.74) is -0.0584. The van der Waals surface area contributed by atoms with Gasteiger partial charge < -0.3 is 14.5 Å². The molecule has 5 nitrogen and oxygen atoms in total. The minimum atomic E-state index is -0.805. The summed E-state index contributed by atoms with van der Waals surface area (Å²) in [7, 11) is 0. The first-order valence-corrected chi connectivity index (χ1v) is 8.59. The zero-order valence-corrected chi connectivity index (χ0v) is 13.4. The van der Waals surface area contributed by atoms with Crippen molar-refractivity contribution in [2.45, 2.75) is 57.1 Å². The van der Waals surface area contributed by atoms with Gasteiger partial charge in [0.2, 0.25) is 5.76 Å². The first-order valence-electron chi connectivity index (χ1n) is 8.59. The third-order valence-corrected chi connectivity index (χ3v) is 5.80. The van der Waals surface area contributed by atoms with Crippen molar-refractivity contribution in [1.29, 1.82) is 0 Å². The zero-order valence-electron chi connectivity index (χ0n) is 13.4. The van der Waals surface area contributed by atoms with Crippen LogP contribution in [0.25, 0.3) is 0 Å². The van der Waals surface area contributed by atoms with Gasteiger partial charge in [0.05, 0.1) is 6.26 Å². The SMILES string of the molecule is C[C@H](OC(=O)c1ccco1)C(=O)NC12CC3CC(CC(C3)C1)C2. The van der Waals surface area contributed by atoms with Crippen LogP contribution in [-0.2, 0) is 9.53 Å². The first kappa shape index (κ1) is 14.8. The van der Waals surface area contributed by atoms with Gasteiger partial charge in [0.25, 0.3) is 5.91 Å². The van der Waals surface area contributed by atoms with Crippen LogP contribution in [0.4, 0.5) is 0 Å². The number of amides is 1. The molecular formula is C18H23NO4. The second kappa shape index (κ2) is 5.39. The lowest BCUT2D eigenvalue weighted by Crippen LogP contribution is -2.61. The lowest BCUT2D eigenvalue weighted by Gasteiger charge is -2.57. The predicted molar refractivity (Wildman–Crippen MR) is 82.6 cm³/mol. The van der Waals surface area contributed by atoms with Gasteiger partial charge in [-0.2, -0.15) is 0 Å². The Kier molecular flexibility index (Phi) is 3.47. The van der Waals surface area contributed by atoms with Gasteiger partial charge >= 0.3 is 5.97 Å². The average molecular weight is 317 g/mol. The van der Waals surface area contributed by atoms with Gasteiger partial charge in [-0.15, -0.1) is 0 Å². The van der Waals surface area contributed by atoms with Crippen molar-refractivity contribution in [2.75, 3.05) is 0 Å².